The molecule has 6 heteroatoms. The van der Waals surface area contributed by atoms with E-state index in [9.17, 15) is 9.59 Å². The highest BCUT2D eigenvalue weighted by Crippen LogP contribution is 2.07. The topological polar surface area (TPSA) is 76.1 Å². The standard InChI is InChI=1S/C17H31NO5/c1-4-22-17(21)18(12-14-23-16(20)15(2)3)11-9-7-5-6-8-10-13-19/h19H,2,4-14H2,1,3H3. The Bertz CT molecular complexity index is 357. The van der Waals surface area contributed by atoms with Gasteiger partial charge in [0.05, 0.1) is 13.2 Å². The third-order valence-electron chi connectivity index (χ3n) is 3.30. The van der Waals surface area contributed by atoms with Crippen LogP contribution >= 0.6 is 0 Å². The predicted octanol–water partition coefficient (Wildman–Crippen LogP) is 2.90. The van der Waals surface area contributed by atoms with Gasteiger partial charge in [-0.25, -0.2) is 9.59 Å². The summed E-state index contributed by atoms with van der Waals surface area (Å²) in [4.78, 5) is 24.8. The minimum absolute atomic E-state index is 0.140. The minimum Gasteiger partial charge on any atom is -0.460 e. The zero-order chi connectivity index (χ0) is 17.5. The van der Waals surface area contributed by atoms with E-state index in [2.05, 4.69) is 6.58 Å². The number of nitrogens with zero attached hydrogens (tertiary/aromatic N) is 1. The summed E-state index contributed by atoms with van der Waals surface area (Å²) < 4.78 is 10.0. The molecule has 0 rings (SSSR count). The van der Waals surface area contributed by atoms with Crippen LogP contribution in [0.4, 0.5) is 4.79 Å². The molecule has 0 aromatic rings. The Balaban J connectivity index is 4.03. The van der Waals surface area contributed by atoms with Crippen LogP contribution in [0, 0.1) is 0 Å². The number of ether oxygens (including phenoxy) is 2. The second-order valence-electron chi connectivity index (χ2n) is 5.45. The predicted molar refractivity (Wildman–Crippen MR) is 89.2 cm³/mol. The summed E-state index contributed by atoms with van der Waals surface area (Å²) in [6.07, 6.45) is 5.59. The first-order chi connectivity index (χ1) is 11.0. The summed E-state index contributed by atoms with van der Waals surface area (Å²) in [6.45, 7) is 8.48. The number of aliphatic hydroxyl groups excluding tert-OH is 1. The molecule has 0 unspecified atom stereocenters. The highest BCUT2D eigenvalue weighted by atomic mass is 16.6. The van der Waals surface area contributed by atoms with E-state index in [1.807, 2.05) is 0 Å². The number of unbranched alkanes of at least 4 members (excludes halogenated alkanes) is 5. The number of carbonyl (C=O) groups is 2. The molecule has 0 aromatic heterocycles. The maximum Gasteiger partial charge on any atom is 0.409 e. The van der Waals surface area contributed by atoms with Crippen molar-refractivity contribution in [1.29, 1.82) is 0 Å². The molecule has 134 valence electrons. The third-order valence-corrected chi connectivity index (χ3v) is 3.30. The van der Waals surface area contributed by atoms with Crippen molar-refractivity contribution in [2.45, 2.75) is 52.4 Å². The summed E-state index contributed by atoms with van der Waals surface area (Å²) in [6, 6.07) is 0. The highest BCUT2D eigenvalue weighted by Gasteiger charge is 2.15. The van der Waals surface area contributed by atoms with Crippen LogP contribution in [0.2, 0.25) is 0 Å². The fraction of sp³-hybridized carbons (Fsp3) is 0.765. The number of aliphatic hydroxyl groups is 1. The Kier molecular flexibility index (Phi) is 13.1. The summed E-state index contributed by atoms with van der Waals surface area (Å²) in [5.74, 6) is -0.447. The van der Waals surface area contributed by atoms with Gasteiger partial charge in [-0.15, -0.1) is 0 Å². The average molecular weight is 329 g/mol. The lowest BCUT2D eigenvalue weighted by atomic mass is 10.1. The molecule has 0 aliphatic rings. The first-order valence-electron chi connectivity index (χ1n) is 8.38. The number of hydrogen-bond acceptors (Lipinski definition) is 5. The van der Waals surface area contributed by atoms with Crippen molar-refractivity contribution < 1.29 is 24.2 Å². The van der Waals surface area contributed by atoms with Crippen molar-refractivity contribution >= 4 is 12.1 Å². The van der Waals surface area contributed by atoms with Gasteiger partial charge in [0.1, 0.15) is 6.61 Å². The highest BCUT2D eigenvalue weighted by molar-refractivity contribution is 5.86. The SMILES string of the molecule is C=C(C)C(=O)OCCN(CCCCCCCCO)C(=O)OCC. The van der Waals surface area contributed by atoms with Crippen molar-refractivity contribution in [2.75, 3.05) is 32.9 Å². The molecule has 0 fully saturated rings. The zero-order valence-electron chi connectivity index (χ0n) is 14.5. The van der Waals surface area contributed by atoms with E-state index < -0.39 is 5.97 Å². The molecule has 0 radical (unpaired) electrons. The average Bonchev–Trinajstić information content (AvgIpc) is 2.52. The van der Waals surface area contributed by atoms with Gasteiger partial charge in [0, 0.05) is 18.7 Å². The van der Waals surface area contributed by atoms with Crippen LogP contribution in [0.3, 0.4) is 0 Å². The fourth-order valence-electron chi connectivity index (χ4n) is 2.00. The van der Waals surface area contributed by atoms with Gasteiger partial charge in [0.25, 0.3) is 0 Å². The first kappa shape index (κ1) is 21.4. The Labute approximate surface area is 139 Å². The van der Waals surface area contributed by atoms with Gasteiger partial charge in [-0.2, -0.15) is 0 Å². The molecule has 0 atom stereocenters. The molecular formula is C17H31NO5. The number of carbonyl (C=O) groups excluding carboxylic acids is 2. The Morgan fingerprint density at radius 1 is 1.00 bits per heavy atom. The summed E-state index contributed by atoms with van der Waals surface area (Å²) in [7, 11) is 0. The van der Waals surface area contributed by atoms with Gasteiger partial charge in [-0.1, -0.05) is 32.3 Å². The summed E-state index contributed by atoms with van der Waals surface area (Å²) in [5.41, 5.74) is 0.343. The van der Waals surface area contributed by atoms with Gasteiger partial charge in [0.2, 0.25) is 0 Å². The van der Waals surface area contributed by atoms with Crippen molar-refractivity contribution in [3.63, 3.8) is 0 Å². The van der Waals surface area contributed by atoms with E-state index in [-0.39, 0.29) is 19.3 Å². The van der Waals surface area contributed by atoms with E-state index in [1.54, 1.807) is 18.7 Å². The lowest BCUT2D eigenvalue weighted by Crippen LogP contribution is -2.35. The molecule has 0 bridgehead atoms. The fourth-order valence-corrected chi connectivity index (χ4v) is 2.00. The van der Waals surface area contributed by atoms with Gasteiger partial charge in [-0.05, 0) is 26.7 Å². The monoisotopic (exact) mass is 329 g/mol. The molecule has 0 saturated heterocycles. The molecule has 23 heavy (non-hydrogen) atoms. The molecule has 0 aliphatic carbocycles. The van der Waals surface area contributed by atoms with Crippen LogP contribution in [0.25, 0.3) is 0 Å². The lowest BCUT2D eigenvalue weighted by Gasteiger charge is -2.21. The second-order valence-corrected chi connectivity index (χ2v) is 5.45. The van der Waals surface area contributed by atoms with Crippen LogP contribution < -0.4 is 0 Å². The molecule has 0 aromatic carbocycles. The van der Waals surface area contributed by atoms with Crippen LogP contribution in [-0.4, -0.2) is 55.0 Å². The minimum atomic E-state index is -0.447. The quantitative estimate of drug-likeness (QED) is 0.319. The summed E-state index contributed by atoms with van der Waals surface area (Å²) in [5, 5.41) is 8.71. The zero-order valence-corrected chi connectivity index (χ0v) is 14.5. The van der Waals surface area contributed by atoms with Gasteiger partial charge in [0.15, 0.2) is 0 Å². The van der Waals surface area contributed by atoms with Crippen LogP contribution in [0.1, 0.15) is 52.4 Å². The van der Waals surface area contributed by atoms with Gasteiger partial charge < -0.3 is 19.5 Å². The molecular weight excluding hydrogens is 298 g/mol. The van der Waals surface area contributed by atoms with Crippen molar-refractivity contribution in [3.05, 3.63) is 12.2 Å². The van der Waals surface area contributed by atoms with E-state index in [0.717, 1.165) is 38.5 Å². The van der Waals surface area contributed by atoms with E-state index >= 15 is 0 Å². The van der Waals surface area contributed by atoms with E-state index in [0.29, 0.717) is 25.3 Å². The Morgan fingerprint density at radius 3 is 2.17 bits per heavy atom. The van der Waals surface area contributed by atoms with Gasteiger partial charge in [-0.3, -0.25) is 0 Å². The summed E-state index contributed by atoms with van der Waals surface area (Å²) >= 11 is 0. The molecule has 6 nitrogen and oxygen atoms in total. The number of hydrogen-bond donors (Lipinski definition) is 1. The molecule has 0 spiro atoms. The number of rotatable bonds is 13. The number of esters is 1. The smallest absolute Gasteiger partial charge is 0.409 e. The Hall–Kier alpha value is -1.56. The second kappa shape index (κ2) is 14.1. The van der Waals surface area contributed by atoms with Crippen LogP contribution in [0.15, 0.2) is 12.2 Å². The van der Waals surface area contributed by atoms with Crippen molar-refractivity contribution in [2.24, 2.45) is 0 Å². The lowest BCUT2D eigenvalue weighted by molar-refractivity contribution is -0.139. The van der Waals surface area contributed by atoms with Crippen molar-refractivity contribution in [3.8, 4) is 0 Å². The van der Waals surface area contributed by atoms with E-state index in [4.69, 9.17) is 14.6 Å². The normalized spacial score (nSPS) is 10.2. The van der Waals surface area contributed by atoms with Crippen LogP contribution in [0.5, 0.6) is 0 Å². The third kappa shape index (κ3) is 11.6. The molecule has 0 aliphatic heterocycles. The maximum atomic E-state index is 11.9. The molecule has 1 amide bonds. The number of amides is 1. The molecule has 0 heterocycles. The van der Waals surface area contributed by atoms with E-state index in [1.165, 1.54) is 0 Å². The first-order valence-corrected chi connectivity index (χ1v) is 8.38. The van der Waals surface area contributed by atoms with Gasteiger partial charge >= 0.3 is 12.1 Å². The molecule has 0 saturated carbocycles. The maximum absolute atomic E-state index is 11.9. The molecule has 1 N–H and O–H groups in total. The Morgan fingerprint density at radius 2 is 1.61 bits per heavy atom. The largest absolute Gasteiger partial charge is 0.460 e. The van der Waals surface area contributed by atoms with Crippen molar-refractivity contribution in [1.82, 2.24) is 4.90 Å². The van der Waals surface area contributed by atoms with Crippen LogP contribution in [-0.2, 0) is 14.3 Å².